The first-order chi connectivity index (χ1) is 12.8. The Kier molecular flexibility index (Phi) is 4.87. The van der Waals surface area contributed by atoms with E-state index >= 15 is 0 Å². The molecule has 27 heavy (non-hydrogen) atoms. The minimum Gasteiger partial charge on any atom is -0.491 e. The van der Waals surface area contributed by atoms with E-state index in [0.717, 1.165) is 16.9 Å². The molecule has 0 radical (unpaired) electrons. The van der Waals surface area contributed by atoms with E-state index in [1.165, 1.54) is 4.90 Å². The van der Waals surface area contributed by atoms with Gasteiger partial charge in [0.15, 0.2) is 0 Å². The number of hydrogen-bond donors (Lipinski definition) is 1. The number of nitriles is 1. The molecule has 0 aliphatic carbocycles. The van der Waals surface area contributed by atoms with Crippen LogP contribution in [0.2, 0.25) is 0 Å². The van der Waals surface area contributed by atoms with Crippen molar-refractivity contribution in [1.82, 2.24) is 10.2 Å². The zero-order valence-electron chi connectivity index (χ0n) is 15.6. The Morgan fingerprint density at radius 1 is 1.15 bits per heavy atom. The number of aryl methyl sites for hydroxylation is 2. The standard InChI is InChI=1S/C21H21N3O3/c1-14-4-5-15(2)18(12-14)27-11-10-24-19(25)21(3,23-20(24)26)17-8-6-16(13-22)7-9-17/h4-9,12H,10-11H2,1-3H3,(H,23,26). The van der Waals surface area contributed by atoms with Gasteiger partial charge in [0, 0.05) is 0 Å². The van der Waals surface area contributed by atoms with Crippen molar-refractivity contribution < 1.29 is 14.3 Å². The van der Waals surface area contributed by atoms with E-state index in [1.54, 1.807) is 31.2 Å². The molecule has 3 amide bonds. The molecule has 0 saturated carbocycles. The smallest absolute Gasteiger partial charge is 0.325 e. The predicted molar refractivity (Wildman–Crippen MR) is 100 cm³/mol. The van der Waals surface area contributed by atoms with Crippen molar-refractivity contribution in [3.8, 4) is 11.8 Å². The summed E-state index contributed by atoms with van der Waals surface area (Å²) in [6.45, 7) is 5.97. The maximum Gasteiger partial charge on any atom is 0.325 e. The van der Waals surface area contributed by atoms with E-state index in [0.29, 0.717) is 11.1 Å². The molecular weight excluding hydrogens is 342 g/mol. The van der Waals surface area contributed by atoms with Gasteiger partial charge in [0.05, 0.1) is 18.2 Å². The number of rotatable bonds is 5. The number of carbonyl (C=O) groups excluding carboxylic acids is 2. The second-order valence-electron chi connectivity index (χ2n) is 6.82. The summed E-state index contributed by atoms with van der Waals surface area (Å²) in [4.78, 5) is 26.4. The third-order valence-electron chi connectivity index (χ3n) is 4.78. The number of urea groups is 1. The van der Waals surface area contributed by atoms with Crippen LogP contribution in [-0.2, 0) is 10.3 Å². The summed E-state index contributed by atoms with van der Waals surface area (Å²) >= 11 is 0. The zero-order valence-corrected chi connectivity index (χ0v) is 15.6. The molecule has 1 saturated heterocycles. The van der Waals surface area contributed by atoms with Gasteiger partial charge in [0.25, 0.3) is 5.91 Å². The third kappa shape index (κ3) is 3.49. The first-order valence-corrected chi connectivity index (χ1v) is 8.70. The van der Waals surface area contributed by atoms with Crippen molar-refractivity contribution in [3.05, 3.63) is 64.7 Å². The molecule has 1 N–H and O–H groups in total. The molecule has 2 aromatic carbocycles. The lowest BCUT2D eigenvalue weighted by Gasteiger charge is -2.22. The first-order valence-electron chi connectivity index (χ1n) is 8.70. The topological polar surface area (TPSA) is 82.4 Å². The molecule has 1 unspecified atom stereocenters. The summed E-state index contributed by atoms with van der Waals surface area (Å²) in [6.07, 6.45) is 0. The predicted octanol–water partition coefficient (Wildman–Crippen LogP) is 3.02. The summed E-state index contributed by atoms with van der Waals surface area (Å²) in [5, 5.41) is 11.7. The molecule has 6 heteroatoms. The van der Waals surface area contributed by atoms with Gasteiger partial charge < -0.3 is 10.1 Å². The number of hydrogen-bond acceptors (Lipinski definition) is 4. The van der Waals surface area contributed by atoms with Crippen molar-refractivity contribution in [1.29, 1.82) is 5.26 Å². The summed E-state index contributed by atoms with van der Waals surface area (Å²) in [5.41, 5.74) is 2.07. The number of amides is 3. The minimum atomic E-state index is -1.15. The van der Waals surface area contributed by atoms with E-state index < -0.39 is 11.6 Å². The van der Waals surface area contributed by atoms with Crippen LogP contribution in [0.4, 0.5) is 4.79 Å². The highest BCUT2D eigenvalue weighted by Gasteiger charge is 2.48. The van der Waals surface area contributed by atoms with Gasteiger partial charge in [-0.05, 0) is 55.7 Å². The summed E-state index contributed by atoms with van der Waals surface area (Å²) in [5.74, 6) is 0.415. The Morgan fingerprint density at radius 2 is 1.85 bits per heavy atom. The van der Waals surface area contributed by atoms with Gasteiger partial charge in [0.2, 0.25) is 0 Å². The van der Waals surface area contributed by atoms with Crippen molar-refractivity contribution in [3.63, 3.8) is 0 Å². The van der Waals surface area contributed by atoms with Crippen LogP contribution < -0.4 is 10.1 Å². The number of ether oxygens (including phenoxy) is 1. The van der Waals surface area contributed by atoms with Crippen LogP contribution >= 0.6 is 0 Å². The van der Waals surface area contributed by atoms with Crippen molar-refractivity contribution in [2.75, 3.05) is 13.2 Å². The lowest BCUT2D eigenvalue weighted by atomic mass is 9.91. The molecule has 1 aliphatic heterocycles. The molecule has 1 atom stereocenters. The first kappa shape index (κ1) is 18.5. The Hall–Kier alpha value is -3.33. The van der Waals surface area contributed by atoms with E-state index in [4.69, 9.17) is 10.00 Å². The van der Waals surface area contributed by atoms with Crippen LogP contribution in [0.1, 0.15) is 29.2 Å². The third-order valence-corrected chi connectivity index (χ3v) is 4.78. The normalized spacial score (nSPS) is 19.0. The Morgan fingerprint density at radius 3 is 2.52 bits per heavy atom. The summed E-state index contributed by atoms with van der Waals surface area (Å²) in [6, 6.07) is 14.1. The molecule has 138 valence electrons. The number of imide groups is 1. The average molecular weight is 363 g/mol. The monoisotopic (exact) mass is 363 g/mol. The van der Waals surface area contributed by atoms with Crippen molar-refractivity contribution >= 4 is 11.9 Å². The second-order valence-corrected chi connectivity index (χ2v) is 6.82. The molecule has 2 aromatic rings. The molecule has 1 fully saturated rings. The Labute approximate surface area is 158 Å². The number of nitrogens with one attached hydrogen (secondary N) is 1. The largest absolute Gasteiger partial charge is 0.491 e. The maximum absolute atomic E-state index is 12.9. The summed E-state index contributed by atoms with van der Waals surface area (Å²) < 4.78 is 5.77. The molecule has 1 aliphatic rings. The number of carbonyl (C=O) groups is 2. The molecule has 0 bridgehead atoms. The SMILES string of the molecule is Cc1ccc(C)c(OCCN2C(=O)NC(C)(c3ccc(C#N)cc3)C2=O)c1. The molecular formula is C21H21N3O3. The number of benzene rings is 2. The number of nitrogens with zero attached hydrogens (tertiary/aromatic N) is 2. The van der Waals surface area contributed by atoms with E-state index in [2.05, 4.69) is 5.32 Å². The van der Waals surface area contributed by atoms with Crippen molar-refractivity contribution in [2.24, 2.45) is 0 Å². The highest BCUT2D eigenvalue weighted by Crippen LogP contribution is 2.29. The van der Waals surface area contributed by atoms with Gasteiger partial charge in [-0.2, -0.15) is 5.26 Å². The van der Waals surface area contributed by atoms with Crippen LogP contribution in [0, 0.1) is 25.2 Å². The van der Waals surface area contributed by atoms with Gasteiger partial charge in [-0.3, -0.25) is 9.69 Å². The van der Waals surface area contributed by atoms with Crippen molar-refractivity contribution in [2.45, 2.75) is 26.3 Å². The lowest BCUT2D eigenvalue weighted by molar-refractivity contribution is -0.131. The average Bonchev–Trinajstić information content (AvgIpc) is 2.88. The van der Waals surface area contributed by atoms with Crippen LogP contribution in [0.5, 0.6) is 5.75 Å². The van der Waals surface area contributed by atoms with Crippen LogP contribution in [0.3, 0.4) is 0 Å². The van der Waals surface area contributed by atoms with Gasteiger partial charge in [0.1, 0.15) is 17.9 Å². The van der Waals surface area contributed by atoms with Crippen LogP contribution in [0.15, 0.2) is 42.5 Å². The van der Waals surface area contributed by atoms with Gasteiger partial charge in [-0.15, -0.1) is 0 Å². The fourth-order valence-electron chi connectivity index (χ4n) is 3.08. The Balaban J connectivity index is 1.70. The van der Waals surface area contributed by atoms with Gasteiger partial charge in [-0.1, -0.05) is 24.3 Å². The zero-order chi connectivity index (χ0) is 19.6. The van der Waals surface area contributed by atoms with E-state index in [-0.39, 0.29) is 19.1 Å². The second kappa shape index (κ2) is 7.12. The molecule has 6 nitrogen and oxygen atoms in total. The van der Waals surface area contributed by atoms with Crippen LogP contribution in [0.25, 0.3) is 0 Å². The summed E-state index contributed by atoms with van der Waals surface area (Å²) in [7, 11) is 0. The molecule has 0 aromatic heterocycles. The molecule has 1 heterocycles. The minimum absolute atomic E-state index is 0.157. The van der Waals surface area contributed by atoms with E-state index in [1.807, 2.05) is 38.1 Å². The maximum atomic E-state index is 12.9. The fourth-order valence-corrected chi connectivity index (χ4v) is 3.08. The quantitative estimate of drug-likeness (QED) is 0.828. The van der Waals surface area contributed by atoms with Gasteiger partial charge in [-0.25, -0.2) is 4.79 Å². The lowest BCUT2D eigenvalue weighted by Crippen LogP contribution is -2.41. The Bertz CT molecular complexity index is 931. The molecule has 0 spiro atoms. The fraction of sp³-hybridized carbons (Fsp3) is 0.286. The van der Waals surface area contributed by atoms with E-state index in [9.17, 15) is 9.59 Å². The molecule has 3 rings (SSSR count). The van der Waals surface area contributed by atoms with Crippen LogP contribution in [-0.4, -0.2) is 30.0 Å². The highest BCUT2D eigenvalue weighted by molar-refractivity contribution is 6.07. The highest BCUT2D eigenvalue weighted by atomic mass is 16.5. The van der Waals surface area contributed by atoms with Gasteiger partial charge >= 0.3 is 6.03 Å².